The van der Waals surface area contributed by atoms with Gasteiger partial charge in [-0.2, -0.15) is 0 Å². The highest BCUT2D eigenvalue weighted by Crippen LogP contribution is 1.67. The topological polar surface area (TPSA) is 35.9 Å². The molecule has 0 amide bonds. The first-order chi connectivity index (χ1) is 2.77. The average molecular weight is 141 g/mol. The molecule has 0 saturated carbocycles. The van der Waals surface area contributed by atoms with Crippen molar-refractivity contribution in [3.05, 3.63) is 0 Å². The van der Waals surface area contributed by atoms with Crippen molar-refractivity contribution in [1.29, 1.82) is 5.41 Å². The maximum absolute atomic E-state index is 6.65. The lowest BCUT2D eigenvalue weighted by molar-refractivity contribution is 0.976. The van der Waals surface area contributed by atoms with Gasteiger partial charge in [-0.15, -0.1) is 25.0 Å². The summed E-state index contributed by atoms with van der Waals surface area (Å²) in [6.07, 6.45) is 0. The number of nitrogens with one attached hydrogen (secondary N) is 2. The van der Waals surface area contributed by atoms with Gasteiger partial charge in [0.25, 0.3) is 0 Å². The van der Waals surface area contributed by atoms with E-state index in [1.807, 2.05) is 6.92 Å². The first-order valence-electron chi connectivity index (χ1n) is 1.78. The second-order valence-corrected chi connectivity index (χ2v) is 1.33. The van der Waals surface area contributed by atoms with E-state index in [-0.39, 0.29) is 17.6 Å². The van der Waals surface area contributed by atoms with Crippen LogP contribution in [0.25, 0.3) is 0 Å². The SMILES string of the molecule is CCNC(=N)S.Cl. The van der Waals surface area contributed by atoms with Gasteiger partial charge in [0.15, 0.2) is 5.17 Å². The number of hydrogen-bond acceptors (Lipinski definition) is 1. The van der Waals surface area contributed by atoms with Gasteiger partial charge in [0.1, 0.15) is 0 Å². The highest BCUT2D eigenvalue weighted by Gasteiger charge is 1.74. The van der Waals surface area contributed by atoms with Crippen molar-refractivity contribution in [2.75, 3.05) is 6.54 Å². The van der Waals surface area contributed by atoms with Crippen LogP contribution in [-0.2, 0) is 0 Å². The Balaban J connectivity index is 0. The third-order valence-corrected chi connectivity index (χ3v) is 0.502. The summed E-state index contributed by atoms with van der Waals surface area (Å²) in [7, 11) is 0. The number of thiol groups is 1. The Morgan fingerprint density at radius 1 is 1.86 bits per heavy atom. The molecule has 0 aliphatic heterocycles. The summed E-state index contributed by atoms with van der Waals surface area (Å²) in [5, 5.41) is 9.54. The minimum absolute atomic E-state index is 0. The van der Waals surface area contributed by atoms with Gasteiger partial charge in [-0.1, -0.05) is 0 Å². The summed E-state index contributed by atoms with van der Waals surface area (Å²) in [4.78, 5) is 0. The van der Waals surface area contributed by atoms with Crippen molar-refractivity contribution >= 4 is 30.2 Å². The summed E-state index contributed by atoms with van der Waals surface area (Å²) >= 11 is 3.65. The van der Waals surface area contributed by atoms with E-state index in [4.69, 9.17) is 5.41 Å². The zero-order valence-electron chi connectivity index (χ0n) is 4.06. The van der Waals surface area contributed by atoms with Crippen molar-refractivity contribution in [1.82, 2.24) is 5.32 Å². The molecule has 0 fully saturated rings. The molecular weight excluding hydrogens is 132 g/mol. The molecule has 2 N–H and O–H groups in total. The molecule has 0 aliphatic rings. The second-order valence-electron chi connectivity index (χ2n) is 0.879. The molecule has 0 aromatic heterocycles. The normalized spacial score (nSPS) is 6.57. The molecule has 0 aliphatic carbocycles. The Morgan fingerprint density at radius 2 is 2.29 bits per heavy atom. The van der Waals surface area contributed by atoms with Crippen molar-refractivity contribution < 1.29 is 0 Å². The Labute approximate surface area is 55.0 Å². The van der Waals surface area contributed by atoms with E-state index in [0.717, 1.165) is 6.54 Å². The van der Waals surface area contributed by atoms with Crippen LogP contribution in [0.2, 0.25) is 0 Å². The maximum Gasteiger partial charge on any atom is 0.150 e. The Bertz CT molecular complexity index is 56.9. The van der Waals surface area contributed by atoms with Gasteiger partial charge in [-0.3, -0.25) is 5.41 Å². The molecule has 0 heterocycles. The van der Waals surface area contributed by atoms with Crippen molar-refractivity contribution in [3.8, 4) is 0 Å². The summed E-state index contributed by atoms with van der Waals surface area (Å²) in [6, 6.07) is 0. The molecule has 44 valence electrons. The van der Waals surface area contributed by atoms with Crippen LogP contribution in [0.15, 0.2) is 0 Å². The molecule has 0 atom stereocenters. The number of halogens is 1. The fourth-order valence-electron chi connectivity index (χ4n) is 0.167. The minimum Gasteiger partial charge on any atom is -0.366 e. The predicted molar refractivity (Wildman–Crippen MR) is 37.6 cm³/mol. The van der Waals surface area contributed by atoms with Crippen molar-refractivity contribution in [2.24, 2.45) is 0 Å². The van der Waals surface area contributed by atoms with E-state index in [1.165, 1.54) is 0 Å². The van der Waals surface area contributed by atoms with Gasteiger partial charge in [0.2, 0.25) is 0 Å². The number of amidine groups is 1. The van der Waals surface area contributed by atoms with E-state index >= 15 is 0 Å². The van der Waals surface area contributed by atoms with Gasteiger partial charge < -0.3 is 5.32 Å². The molecular formula is C3H9ClN2S. The van der Waals surface area contributed by atoms with Crippen LogP contribution in [0, 0.1) is 5.41 Å². The summed E-state index contributed by atoms with van der Waals surface area (Å²) in [6.45, 7) is 2.70. The molecule has 0 radical (unpaired) electrons. The molecule has 0 aromatic rings. The lowest BCUT2D eigenvalue weighted by Gasteiger charge is -1.91. The zero-order valence-corrected chi connectivity index (χ0v) is 5.77. The lowest BCUT2D eigenvalue weighted by Crippen LogP contribution is -2.15. The smallest absolute Gasteiger partial charge is 0.150 e. The molecule has 4 heteroatoms. The van der Waals surface area contributed by atoms with Gasteiger partial charge in [0.05, 0.1) is 0 Å². The second kappa shape index (κ2) is 6.11. The molecule has 2 nitrogen and oxygen atoms in total. The monoisotopic (exact) mass is 140 g/mol. The van der Waals surface area contributed by atoms with E-state index in [2.05, 4.69) is 17.9 Å². The van der Waals surface area contributed by atoms with Crippen LogP contribution in [0.1, 0.15) is 6.92 Å². The Morgan fingerprint density at radius 3 is 2.29 bits per heavy atom. The number of rotatable bonds is 1. The van der Waals surface area contributed by atoms with Crippen LogP contribution in [0.5, 0.6) is 0 Å². The minimum atomic E-state index is 0. The van der Waals surface area contributed by atoms with E-state index < -0.39 is 0 Å². The Hall–Kier alpha value is 0.110. The van der Waals surface area contributed by atoms with Gasteiger partial charge in [0, 0.05) is 6.54 Å². The van der Waals surface area contributed by atoms with Crippen molar-refractivity contribution in [3.63, 3.8) is 0 Å². The summed E-state index contributed by atoms with van der Waals surface area (Å²) in [5.41, 5.74) is 0. The summed E-state index contributed by atoms with van der Waals surface area (Å²) < 4.78 is 0. The van der Waals surface area contributed by atoms with Crippen LogP contribution in [0.4, 0.5) is 0 Å². The predicted octanol–water partition coefficient (Wildman–Crippen LogP) is 0.882. The molecule has 0 spiro atoms. The zero-order chi connectivity index (χ0) is 4.99. The molecule has 0 saturated heterocycles. The highest BCUT2D eigenvalue weighted by atomic mass is 35.5. The van der Waals surface area contributed by atoms with Crippen LogP contribution >= 0.6 is 25.0 Å². The fourth-order valence-corrected chi connectivity index (χ4v) is 0.326. The quantitative estimate of drug-likeness (QED) is 0.282. The molecule has 0 rings (SSSR count). The molecule has 0 bridgehead atoms. The van der Waals surface area contributed by atoms with E-state index in [9.17, 15) is 0 Å². The third kappa shape index (κ3) is 10.7. The first kappa shape index (κ1) is 10.2. The van der Waals surface area contributed by atoms with Gasteiger partial charge >= 0.3 is 0 Å². The maximum atomic E-state index is 6.65. The standard InChI is InChI=1S/C3H8N2S.ClH/c1-2-5-3(4)6;/h2H2,1H3,(H3,4,5,6);1H. The highest BCUT2D eigenvalue weighted by molar-refractivity contribution is 7.96. The largest absolute Gasteiger partial charge is 0.366 e. The van der Waals surface area contributed by atoms with E-state index in [1.54, 1.807) is 0 Å². The Kier molecular flexibility index (Phi) is 8.87. The van der Waals surface area contributed by atoms with Gasteiger partial charge in [-0.25, -0.2) is 0 Å². The third-order valence-electron chi connectivity index (χ3n) is 0.344. The lowest BCUT2D eigenvalue weighted by atomic mass is 10.8. The first-order valence-corrected chi connectivity index (χ1v) is 2.23. The van der Waals surface area contributed by atoms with Crippen LogP contribution < -0.4 is 5.32 Å². The summed E-state index contributed by atoms with van der Waals surface area (Å²) in [5.74, 6) is 0. The van der Waals surface area contributed by atoms with Crippen LogP contribution in [-0.4, -0.2) is 11.7 Å². The van der Waals surface area contributed by atoms with Gasteiger partial charge in [-0.05, 0) is 6.92 Å². The fraction of sp³-hybridized carbons (Fsp3) is 0.667. The molecule has 0 aromatic carbocycles. The molecule has 0 unspecified atom stereocenters. The number of hydrogen-bond donors (Lipinski definition) is 3. The van der Waals surface area contributed by atoms with Crippen LogP contribution in [0.3, 0.4) is 0 Å². The van der Waals surface area contributed by atoms with E-state index in [0.29, 0.717) is 0 Å². The molecule has 7 heavy (non-hydrogen) atoms. The van der Waals surface area contributed by atoms with Crippen molar-refractivity contribution in [2.45, 2.75) is 6.92 Å². The average Bonchev–Trinajstić information content (AvgIpc) is 1.35.